The van der Waals surface area contributed by atoms with Crippen molar-refractivity contribution < 1.29 is 14.4 Å². The van der Waals surface area contributed by atoms with Gasteiger partial charge in [-0.25, -0.2) is 0 Å². The highest BCUT2D eigenvalue weighted by molar-refractivity contribution is 6.35. The van der Waals surface area contributed by atoms with Crippen LogP contribution in [0.3, 0.4) is 0 Å². The first kappa shape index (κ1) is 17.1. The molecule has 0 saturated heterocycles. The molecule has 1 amide bonds. The van der Waals surface area contributed by atoms with Gasteiger partial charge >= 0.3 is 0 Å². The number of methoxy groups -OCH3 is 1. The van der Waals surface area contributed by atoms with E-state index in [1.807, 2.05) is 18.2 Å². The topological polar surface area (TPSA) is 59.9 Å². The third-order valence-corrected chi connectivity index (χ3v) is 3.18. The predicted octanol–water partition coefficient (Wildman–Crippen LogP) is 3.99. The van der Waals surface area contributed by atoms with E-state index in [4.69, 9.17) is 32.8 Å². The van der Waals surface area contributed by atoms with Crippen molar-refractivity contribution in [3.63, 3.8) is 0 Å². The molecule has 2 rings (SSSR count). The summed E-state index contributed by atoms with van der Waals surface area (Å²) in [5.74, 6) is 0.290. The zero-order valence-corrected chi connectivity index (χ0v) is 13.8. The van der Waals surface area contributed by atoms with Gasteiger partial charge in [-0.1, -0.05) is 40.5 Å². The lowest BCUT2D eigenvalue weighted by Gasteiger charge is -2.06. The van der Waals surface area contributed by atoms with Crippen LogP contribution < -0.4 is 10.1 Å². The highest BCUT2D eigenvalue weighted by Gasteiger charge is 2.05. The van der Waals surface area contributed by atoms with Crippen LogP contribution in [0.1, 0.15) is 5.56 Å². The maximum absolute atomic E-state index is 11.7. The molecule has 0 aliphatic rings. The number of nitrogens with zero attached hydrogens (tertiary/aromatic N) is 1. The van der Waals surface area contributed by atoms with Crippen molar-refractivity contribution in [2.75, 3.05) is 19.0 Å². The first-order chi connectivity index (χ1) is 11.1. The SMILES string of the molecule is COc1ccccc1/C=N\OCC(=O)Nc1cc(Cl)cc(Cl)c1. The Morgan fingerprint density at radius 1 is 1.22 bits per heavy atom. The summed E-state index contributed by atoms with van der Waals surface area (Å²) in [6.07, 6.45) is 1.47. The lowest BCUT2D eigenvalue weighted by molar-refractivity contribution is -0.120. The molecule has 23 heavy (non-hydrogen) atoms. The average Bonchev–Trinajstić information content (AvgIpc) is 2.51. The Morgan fingerprint density at radius 2 is 1.91 bits per heavy atom. The molecule has 0 bridgehead atoms. The number of hydrogen-bond donors (Lipinski definition) is 1. The van der Waals surface area contributed by atoms with E-state index in [2.05, 4.69) is 10.5 Å². The third-order valence-electron chi connectivity index (χ3n) is 2.75. The second kappa shape index (κ2) is 8.41. The smallest absolute Gasteiger partial charge is 0.265 e. The Bertz CT molecular complexity index is 700. The largest absolute Gasteiger partial charge is 0.496 e. The van der Waals surface area contributed by atoms with Gasteiger partial charge in [-0.3, -0.25) is 4.79 Å². The second-order valence-corrected chi connectivity index (χ2v) is 5.33. The molecule has 0 aromatic heterocycles. The third kappa shape index (κ3) is 5.47. The number of para-hydroxylation sites is 1. The number of carbonyl (C=O) groups is 1. The van der Waals surface area contributed by atoms with Gasteiger partial charge in [0, 0.05) is 21.3 Å². The zero-order valence-electron chi connectivity index (χ0n) is 12.3. The minimum Gasteiger partial charge on any atom is -0.496 e. The van der Waals surface area contributed by atoms with Crippen molar-refractivity contribution in [2.24, 2.45) is 5.16 Å². The van der Waals surface area contributed by atoms with Crippen LogP contribution in [0.25, 0.3) is 0 Å². The lowest BCUT2D eigenvalue weighted by Crippen LogP contribution is -2.17. The van der Waals surface area contributed by atoms with Crippen molar-refractivity contribution >= 4 is 41.0 Å². The average molecular weight is 353 g/mol. The summed E-state index contributed by atoms with van der Waals surface area (Å²) < 4.78 is 5.17. The summed E-state index contributed by atoms with van der Waals surface area (Å²) in [7, 11) is 1.57. The molecule has 0 aliphatic carbocycles. The maximum Gasteiger partial charge on any atom is 0.265 e. The molecule has 0 saturated carbocycles. The van der Waals surface area contributed by atoms with Gasteiger partial charge < -0.3 is 14.9 Å². The molecule has 7 heteroatoms. The van der Waals surface area contributed by atoms with Crippen molar-refractivity contribution in [1.29, 1.82) is 0 Å². The molecule has 0 aliphatic heterocycles. The molecule has 2 aromatic carbocycles. The van der Waals surface area contributed by atoms with E-state index in [0.29, 0.717) is 21.5 Å². The molecule has 120 valence electrons. The molecule has 0 fully saturated rings. The van der Waals surface area contributed by atoms with E-state index in [-0.39, 0.29) is 12.5 Å². The zero-order chi connectivity index (χ0) is 16.7. The van der Waals surface area contributed by atoms with E-state index in [1.165, 1.54) is 6.21 Å². The first-order valence-corrected chi connectivity index (χ1v) is 7.38. The number of halogens is 2. The molecular weight excluding hydrogens is 339 g/mol. The van der Waals surface area contributed by atoms with Crippen LogP contribution in [0.4, 0.5) is 5.69 Å². The van der Waals surface area contributed by atoms with Crippen LogP contribution in [0, 0.1) is 0 Å². The Kier molecular flexibility index (Phi) is 6.26. The number of nitrogens with one attached hydrogen (secondary N) is 1. The molecule has 0 atom stereocenters. The van der Waals surface area contributed by atoms with E-state index >= 15 is 0 Å². The van der Waals surface area contributed by atoms with Gasteiger partial charge in [0.1, 0.15) is 5.75 Å². The van der Waals surface area contributed by atoms with E-state index in [1.54, 1.807) is 31.4 Å². The number of rotatable bonds is 6. The highest BCUT2D eigenvalue weighted by atomic mass is 35.5. The van der Waals surface area contributed by atoms with Crippen molar-refractivity contribution in [2.45, 2.75) is 0 Å². The maximum atomic E-state index is 11.7. The minimum absolute atomic E-state index is 0.240. The van der Waals surface area contributed by atoms with Crippen molar-refractivity contribution in [3.8, 4) is 5.75 Å². The predicted molar refractivity (Wildman–Crippen MR) is 91.6 cm³/mol. The highest BCUT2D eigenvalue weighted by Crippen LogP contribution is 2.22. The summed E-state index contributed by atoms with van der Waals surface area (Å²) in [5.41, 5.74) is 1.24. The Morgan fingerprint density at radius 3 is 2.61 bits per heavy atom. The number of amides is 1. The molecule has 5 nitrogen and oxygen atoms in total. The number of ether oxygens (including phenoxy) is 1. The molecule has 0 radical (unpaired) electrons. The van der Waals surface area contributed by atoms with Crippen LogP contribution in [-0.2, 0) is 9.63 Å². The van der Waals surface area contributed by atoms with Gasteiger partial charge in [-0.05, 0) is 30.3 Å². The Hall–Kier alpha value is -2.24. The fraction of sp³-hybridized carbons (Fsp3) is 0.125. The molecule has 2 aromatic rings. The van der Waals surface area contributed by atoms with Crippen LogP contribution in [0.2, 0.25) is 10.0 Å². The Labute approximate surface area is 143 Å². The summed E-state index contributed by atoms with van der Waals surface area (Å²) in [5, 5.41) is 7.23. The summed E-state index contributed by atoms with van der Waals surface area (Å²) in [6, 6.07) is 12.1. The molecule has 0 unspecified atom stereocenters. The quantitative estimate of drug-likeness (QED) is 0.631. The van der Waals surface area contributed by atoms with Gasteiger partial charge in [-0.2, -0.15) is 0 Å². The van der Waals surface area contributed by atoms with Crippen molar-refractivity contribution in [1.82, 2.24) is 0 Å². The number of hydrogen-bond acceptors (Lipinski definition) is 4. The van der Waals surface area contributed by atoms with Gasteiger partial charge in [0.2, 0.25) is 0 Å². The minimum atomic E-state index is -0.375. The number of anilines is 1. The number of carbonyl (C=O) groups excluding carboxylic acids is 1. The summed E-state index contributed by atoms with van der Waals surface area (Å²) >= 11 is 11.7. The molecular formula is C16H14Cl2N2O3. The number of oxime groups is 1. The van der Waals surface area contributed by atoms with Gasteiger partial charge in [-0.15, -0.1) is 0 Å². The fourth-order valence-electron chi connectivity index (χ4n) is 1.79. The lowest BCUT2D eigenvalue weighted by atomic mass is 10.2. The molecule has 0 heterocycles. The number of benzene rings is 2. The van der Waals surface area contributed by atoms with Gasteiger partial charge in [0.05, 0.1) is 13.3 Å². The molecule has 1 N–H and O–H groups in total. The standard InChI is InChI=1S/C16H14Cl2N2O3/c1-22-15-5-3-2-4-11(15)9-19-23-10-16(21)20-14-7-12(17)6-13(18)8-14/h2-9H,10H2,1H3,(H,20,21)/b19-9-. The van der Waals surface area contributed by atoms with Crippen LogP contribution in [-0.4, -0.2) is 25.8 Å². The van der Waals surface area contributed by atoms with Gasteiger partial charge in [0.25, 0.3) is 5.91 Å². The summed E-state index contributed by atoms with van der Waals surface area (Å²) in [4.78, 5) is 16.7. The normalized spacial score (nSPS) is 10.6. The van der Waals surface area contributed by atoms with E-state index < -0.39 is 0 Å². The fourth-order valence-corrected chi connectivity index (χ4v) is 2.31. The summed E-state index contributed by atoms with van der Waals surface area (Å²) in [6.45, 7) is -0.240. The monoisotopic (exact) mass is 352 g/mol. The first-order valence-electron chi connectivity index (χ1n) is 6.63. The van der Waals surface area contributed by atoms with Crippen LogP contribution >= 0.6 is 23.2 Å². The van der Waals surface area contributed by atoms with Crippen LogP contribution in [0.15, 0.2) is 47.6 Å². The van der Waals surface area contributed by atoms with Crippen molar-refractivity contribution in [3.05, 3.63) is 58.1 Å². The molecule has 0 spiro atoms. The second-order valence-electron chi connectivity index (χ2n) is 4.46. The van der Waals surface area contributed by atoms with Crippen LogP contribution in [0.5, 0.6) is 5.75 Å². The Balaban J connectivity index is 1.86. The van der Waals surface area contributed by atoms with E-state index in [9.17, 15) is 4.79 Å². The van der Waals surface area contributed by atoms with E-state index in [0.717, 1.165) is 5.56 Å². The van der Waals surface area contributed by atoms with Gasteiger partial charge in [0.15, 0.2) is 6.61 Å².